The van der Waals surface area contributed by atoms with Crippen LogP contribution in [0.4, 0.5) is 0 Å². The number of hydrogen-bond acceptors (Lipinski definition) is 2. The molecule has 0 saturated carbocycles. The van der Waals surface area contributed by atoms with Crippen molar-refractivity contribution in [2.45, 2.75) is 23.7 Å². The maximum absolute atomic E-state index is 12.7. The third kappa shape index (κ3) is 4.30. The minimum atomic E-state index is -1.47. The van der Waals surface area contributed by atoms with E-state index in [1.807, 2.05) is 37.3 Å². The van der Waals surface area contributed by atoms with Gasteiger partial charge in [0.15, 0.2) is 3.79 Å². The lowest BCUT2D eigenvalue weighted by Crippen LogP contribution is -2.37. The van der Waals surface area contributed by atoms with Gasteiger partial charge in [0.1, 0.15) is 6.61 Å². The number of carbonyl (C=O) groups is 1. The average molecular weight is 430 g/mol. The van der Waals surface area contributed by atoms with Crippen LogP contribution in [0.1, 0.15) is 18.9 Å². The van der Waals surface area contributed by atoms with Crippen molar-refractivity contribution >= 4 is 56.6 Å². The van der Waals surface area contributed by atoms with Gasteiger partial charge in [0.05, 0.1) is 12.0 Å². The molecule has 0 radical (unpaired) electrons. The minimum absolute atomic E-state index is 0.0198. The minimum Gasteiger partial charge on any atom is -0.272 e. The molecule has 2 rings (SSSR count). The van der Waals surface area contributed by atoms with Crippen LogP contribution in [0.25, 0.3) is 0 Å². The highest BCUT2D eigenvalue weighted by molar-refractivity contribution is 9.09. The quantitative estimate of drug-likeness (QED) is 0.633. The SMILES string of the molecule is C[C@@]1(CC(Cl)(Cl)Cl)C(=O)N(OCc2ccccc2)C[C@@H]1CBr. The maximum Gasteiger partial charge on any atom is 0.252 e. The van der Waals surface area contributed by atoms with Crippen LogP contribution in [0.2, 0.25) is 0 Å². The van der Waals surface area contributed by atoms with Crippen molar-refractivity contribution in [1.82, 2.24) is 5.06 Å². The fourth-order valence-electron chi connectivity index (χ4n) is 2.64. The van der Waals surface area contributed by atoms with E-state index in [1.54, 1.807) is 0 Å². The summed E-state index contributed by atoms with van der Waals surface area (Å²) in [5.41, 5.74) is 0.242. The summed E-state index contributed by atoms with van der Waals surface area (Å²) >= 11 is 21.2. The van der Waals surface area contributed by atoms with Crippen molar-refractivity contribution in [1.29, 1.82) is 0 Å². The standard InChI is InChI=1S/C15H17BrCl3NO2/c1-14(10-15(17,18)19)12(7-16)8-20(13(14)21)22-9-11-5-3-2-4-6-11/h2-6,12H,7-10H2,1H3/t12-,14-/m0/s1. The van der Waals surface area contributed by atoms with Crippen LogP contribution in [0.3, 0.4) is 0 Å². The topological polar surface area (TPSA) is 29.5 Å². The fraction of sp³-hybridized carbons (Fsp3) is 0.533. The molecular weight excluding hydrogens is 412 g/mol. The van der Waals surface area contributed by atoms with Crippen molar-refractivity contribution in [3.05, 3.63) is 35.9 Å². The van der Waals surface area contributed by atoms with Gasteiger partial charge in [-0.1, -0.05) is 88.0 Å². The Morgan fingerprint density at radius 3 is 2.55 bits per heavy atom. The molecule has 22 heavy (non-hydrogen) atoms. The third-order valence-electron chi connectivity index (χ3n) is 3.99. The summed E-state index contributed by atoms with van der Waals surface area (Å²) in [5, 5.41) is 2.04. The summed E-state index contributed by atoms with van der Waals surface area (Å²) in [6.45, 7) is 2.65. The highest BCUT2D eigenvalue weighted by atomic mass is 79.9. The van der Waals surface area contributed by atoms with Crippen molar-refractivity contribution in [2.75, 3.05) is 11.9 Å². The molecule has 1 aliphatic heterocycles. The van der Waals surface area contributed by atoms with Gasteiger partial charge in [-0.3, -0.25) is 9.63 Å². The Kier molecular flexibility index (Phi) is 6.06. The van der Waals surface area contributed by atoms with Gasteiger partial charge in [-0.05, 0) is 5.56 Å². The smallest absolute Gasteiger partial charge is 0.252 e. The van der Waals surface area contributed by atoms with Gasteiger partial charge in [0.2, 0.25) is 0 Å². The van der Waals surface area contributed by atoms with Gasteiger partial charge < -0.3 is 0 Å². The van der Waals surface area contributed by atoms with E-state index in [4.69, 9.17) is 39.6 Å². The Balaban J connectivity index is 2.07. The van der Waals surface area contributed by atoms with E-state index in [0.29, 0.717) is 18.5 Å². The molecule has 7 heteroatoms. The second-order valence-electron chi connectivity index (χ2n) is 5.69. The predicted octanol–water partition coefficient (Wildman–Crippen LogP) is 4.74. The fourth-order valence-corrected chi connectivity index (χ4v) is 4.39. The van der Waals surface area contributed by atoms with Crippen molar-refractivity contribution in [3.8, 4) is 0 Å². The molecule has 1 aromatic carbocycles. The Morgan fingerprint density at radius 1 is 1.36 bits per heavy atom. The van der Waals surface area contributed by atoms with Crippen molar-refractivity contribution in [3.63, 3.8) is 0 Å². The molecule has 1 amide bonds. The number of carbonyl (C=O) groups excluding carboxylic acids is 1. The van der Waals surface area contributed by atoms with E-state index >= 15 is 0 Å². The molecule has 122 valence electrons. The number of hydrogen-bond donors (Lipinski definition) is 0. The molecule has 0 aliphatic carbocycles. The lowest BCUT2D eigenvalue weighted by molar-refractivity contribution is -0.187. The normalized spacial score (nSPS) is 25.8. The van der Waals surface area contributed by atoms with E-state index in [1.165, 1.54) is 5.06 Å². The molecule has 1 fully saturated rings. The molecule has 0 bridgehead atoms. The zero-order chi connectivity index (χ0) is 16.4. The van der Waals surface area contributed by atoms with Gasteiger partial charge in [0, 0.05) is 17.7 Å². The Morgan fingerprint density at radius 2 is 2.00 bits per heavy atom. The van der Waals surface area contributed by atoms with Crippen LogP contribution in [-0.4, -0.2) is 26.6 Å². The summed E-state index contributed by atoms with van der Waals surface area (Å²) in [7, 11) is 0. The molecule has 0 unspecified atom stereocenters. The lowest BCUT2D eigenvalue weighted by Gasteiger charge is -2.30. The molecule has 2 atom stereocenters. The number of alkyl halides is 4. The van der Waals surface area contributed by atoms with Crippen LogP contribution in [0, 0.1) is 11.3 Å². The zero-order valence-corrected chi connectivity index (χ0v) is 15.9. The predicted molar refractivity (Wildman–Crippen MR) is 93.2 cm³/mol. The van der Waals surface area contributed by atoms with Crippen LogP contribution in [0.5, 0.6) is 0 Å². The summed E-state index contributed by atoms with van der Waals surface area (Å²) < 4.78 is -1.47. The van der Waals surface area contributed by atoms with Gasteiger partial charge in [-0.15, -0.1) is 0 Å². The molecule has 1 saturated heterocycles. The number of amides is 1. The second-order valence-corrected chi connectivity index (χ2v) is 8.85. The summed E-state index contributed by atoms with van der Waals surface area (Å²) in [5.74, 6) is -0.120. The molecule has 1 heterocycles. The zero-order valence-electron chi connectivity index (χ0n) is 12.1. The molecular formula is C15H17BrCl3NO2. The first-order chi connectivity index (χ1) is 10.3. The third-order valence-corrected chi connectivity index (χ3v) is 5.17. The molecule has 3 nitrogen and oxygen atoms in total. The lowest BCUT2D eigenvalue weighted by atomic mass is 9.78. The first-order valence-electron chi connectivity index (χ1n) is 6.88. The van der Waals surface area contributed by atoms with Gasteiger partial charge >= 0.3 is 0 Å². The number of nitrogens with zero attached hydrogens (tertiary/aromatic N) is 1. The monoisotopic (exact) mass is 427 g/mol. The van der Waals surface area contributed by atoms with E-state index in [9.17, 15) is 4.79 Å². The molecule has 0 spiro atoms. The van der Waals surface area contributed by atoms with Crippen LogP contribution < -0.4 is 0 Å². The van der Waals surface area contributed by atoms with Crippen LogP contribution >= 0.6 is 50.7 Å². The second kappa shape index (κ2) is 7.27. The largest absolute Gasteiger partial charge is 0.272 e. The molecule has 0 aromatic heterocycles. The van der Waals surface area contributed by atoms with Crippen molar-refractivity contribution in [2.24, 2.45) is 11.3 Å². The van der Waals surface area contributed by atoms with E-state index in [-0.39, 0.29) is 18.2 Å². The van der Waals surface area contributed by atoms with Gasteiger partial charge in [-0.25, -0.2) is 5.06 Å². The highest BCUT2D eigenvalue weighted by Crippen LogP contribution is 2.48. The maximum atomic E-state index is 12.7. The van der Waals surface area contributed by atoms with Gasteiger partial charge in [0.25, 0.3) is 5.91 Å². The van der Waals surface area contributed by atoms with Gasteiger partial charge in [-0.2, -0.15) is 0 Å². The van der Waals surface area contributed by atoms with Crippen molar-refractivity contribution < 1.29 is 9.63 Å². The van der Waals surface area contributed by atoms with Crippen LogP contribution in [-0.2, 0) is 16.2 Å². The number of hydroxylamine groups is 2. The molecule has 0 N–H and O–H groups in total. The number of benzene rings is 1. The average Bonchev–Trinajstić information content (AvgIpc) is 2.68. The number of halogens is 4. The van der Waals surface area contributed by atoms with E-state index in [2.05, 4.69) is 15.9 Å². The first-order valence-corrected chi connectivity index (χ1v) is 9.13. The Labute approximate surface area is 153 Å². The summed E-state index contributed by atoms with van der Waals surface area (Å²) in [6, 6.07) is 9.69. The summed E-state index contributed by atoms with van der Waals surface area (Å²) in [4.78, 5) is 18.4. The number of rotatable bonds is 5. The Bertz CT molecular complexity index is 523. The molecule has 1 aliphatic rings. The van der Waals surface area contributed by atoms with E-state index < -0.39 is 9.21 Å². The van der Waals surface area contributed by atoms with Crippen LogP contribution in [0.15, 0.2) is 30.3 Å². The first kappa shape index (κ1) is 18.3. The summed E-state index contributed by atoms with van der Waals surface area (Å²) in [6.07, 6.45) is 0.158. The Hall–Kier alpha value is -0.000000000000000222. The van der Waals surface area contributed by atoms with E-state index in [0.717, 1.165) is 5.56 Å². The molecule has 1 aromatic rings. The highest BCUT2D eigenvalue weighted by Gasteiger charge is 2.53.